The zero-order valence-electron chi connectivity index (χ0n) is 57.5. The minimum Gasteiger partial charge on any atom is -0.477 e. The van der Waals surface area contributed by atoms with E-state index in [1.807, 2.05) is 182 Å². The molecule has 14 rings (SSSR count). The fraction of sp³-hybridized carbons (Fsp3) is 0.162. The Balaban J connectivity index is 0.000000157. The van der Waals surface area contributed by atoms with Gasteiger partial charge >= 0.3 is 29.0 Å². The third-order valence-electron chi connectivity index (χ3n) is 17.4. The number of nitrogens with one attached hydrogen (secondary N) is 5. The first-order valence-corrected chi connectivity index (χ1v) is 38.5. The number of ketones is 2. The highest BCUT2D eigenvalue weighted by Crippen LogP contribution is 2.45. The topological polar surface area (TPSA) is 443 Å². The molecule has 30 nitrogen and oxygen atoms in total. The number of aliphatic carboxylic acids is 3. The molecule has 4 atom stereocenters. The molecule has 6 aromatic carbocycles. The highest BCUT2D eigenvalue weighted by Gasteiger charge is 2.56. The van der Waals surface area contributed by atoms with E-state index < -0.39 is 105 Å². The zero-order valence-corrected chi connectivity index (χ0v) is 62.4. The quantitative estimate of drug-likeness (QED) is 0.00543. The predicted octanol–water partition coefficient (Wildman–Crippen LogP) is 6.66. The number of carboxylic acid groups (broad SMARTS) is 3. The Morgan fingerprint density at radius 1 is 0.591 bits per heavy atom. The van der Waals surface area contributed by atoms with E-state index >= 15 is 0 Å². The Bertz CT molecular complexity index is 5200. The van der Waals surface area contributed by atoms with Crippen LogP contribution in [0.15, 0.2) is 242 Å². The summed E-state index contributed by atoms with van der Waals surface area (Å²) in [6, 6.07) is 57.4. The predicted molar refractivity (Wildman–Crippen MR) is 414 cm³/mol. The number of H-pyrrole nitrogens is 1. The van der Waals surface area contributed by atoms with Crippen LogP contribution >= 0.6 is 69.3 Å². The lowest BCUT2D eigenvalue weighted by molar-refractivity contribution is -0.150. The summed E-state index contributed by atoms with van der Waals surface area (Å²) >= 11 is 6.67. The van der Waals surface area contributed by atoms with E-state index in [0.717, 1.165) is 89.0 Å². The van der Waals surface area contributed by atoms with Crippen LogP contribution in [0.1, 0.15) is 58.4 Å². The van der Waals surface area contributed by atoms with Crippen LogP contribution in [0.25, 0.3) is 0 Å². The molecule has 0 spiro atoms. The van der Waals surface area contributed by atoms with Gasteiger partial charge in [-0.3, -0.25) is 57.9 Å². The highest BCUT2D eigenvalue weighted by molar-refractivity contribution is 8.01. The SMILES string of the molecule is CO/N=C(\C(=O)N[C@@H]1C(=O)N2C(C(=O)O)=C(CSc3nc(=O)c(=O)[nH]n3C)CS[C@H]12)c1csc(N)n1.O=C(O)C(=O)c1cnc(NC(c2ccccc2)(c2ccccc2)c2ccccc2)s1.O=C(O)C1=C(CO)CSC2C(NC(=O)C(=O)c3cnc(NC(c4ccccc4)(c4ccccc4)c4ccccc4)s3)C(=O)N12. The van der Waals surface area contributed by atoms with Gasteiger partial charge in [0, 0.05) is 29.7 Å². The molecule has 4 aliphatic rings. The van der Waals surface area contributed by atoms with Crippen molar-refractivity contribution in [3.05, 3.63) is 292 Å². The molecule has 4 amide bonds. The maximum absolute atomic E-state index is 13.2. The van der Waals surface area contributed by atoms with Crippen molar-refractivity contribution < 1.29 is 68.4 Å². The molecule has 0 radical (unpaired) electrons. The third kappa shape index (κ3) is 15.9. The smallest absolute Gasteiger partial charge is 0.378 e. The lowest BCUT2D eigenvalue weighted by atomic mass is 9.77. The Morgan fingerprint density at radius 3 is 1.37 bits per heavy atom. The van der Waals surface area contributed by atoms with Crippen molar-refractivity contribution in [2.75, 3.05) is 47.3 Å². The standard InChI is InChI=1S/C32H26N4O6S2.C24H18N2O3S.C18H18N8O7S3/c37-17-19-18-43-29-24(28(40)36(29)25(19)30(41)42)34-27(39)26(38)23-16-33-31(44-23)35-32(20-10-4-1-5-11-20,21-12-6-2-7-13-21)22-14-8-3-9-15-22;27-21(22(28)29)20-16-25-23(30-20)26-24(17-10-4-1-5-11-17,18-12-6-2-7-13-18)19-14-8-3-9-15-19;1-25-18(22-12(28)13(29)23-25)36-4-6-3-34-15-9(14(30)26(15)10(6)16(31)32)21-11(27)8(24-33-2)7-5-35-17(19)20-7/h1-16,24,29,37H,17-18H2,(H,33,35)(H,34,39)(H,41,42);1-16H,(H,25,26)(H,28,29);5,9,15H,3-4H2,1-2H3,(H2,19,20)(H,21,27)(H,23,29)(H,31,32)/b;;24-8-/t;;9-,15-/m..1/s1. The number of anilines is 3. The number of oxime groups is 1. The first-order valence-electron chi connectivity index (χ1n) is 32.9. The van der Waals surface area contributed by atoms with Gasteiger partial charge in [-0.15, -0.1) is 34.9 Å². The van der Waals surface area contributed by atoms with Crippen molar-refractivity contribution in [3.8, 4) is 0 Å². The van der Waals surface area contributed by atoms with Crippen LogP contribution in [0.2, 0.25) is 0 Å². The molecule has 0 bridgehead atoms. The number of aliphatic hydroxyl groups excluding tert-OH is 1. The molecular formula is C74H62N14O16S6. The molecule has 560 valence electrons. The van der Waals surface area contributed by atoms with Crippen LogP contribution in [-0.4, -0.2) is 173 Å². The molecular weight excluding hydrogens is 1530 g/mol. The number of carbonyl (C=O) groups excluding carboxylic acids is 6. The van der Waals surface area contributed by atoms with E-state index in [4.69, 9.17) is 15.7 Å². The normalized spacial score (nSPS) is 16.6. The summed E-state index contributed by atoms with van der Waals surface area (Å²) in [6.07, 6.45) is 2.62. The summed E-state index contributed by atoms with van der Waals surface area (Å²) in [6.45, 7) is -0.498. The van der Waals surface area contributed by atoms with Gasteiger partial charge in [-0.25, -0.2) is 29.3 Å². The van der Waals surface area contributed by atoms with E-state index in [9.17, 15) is 68.1 Å². The van der Waals surface area contributed by atoms with Gasteiger partial charge in [0.15, 0.2) is 26.3 Å². The van der Waals surface area contributed by atoms with Crippen molar-refractivity contribution in [2.24, 2.45) is 12.2 Å². The number of nitrogen functional groups attached to an aromatic ring is 1. The number of rotatable bonds is 25. The van der Waals surface area contributed by atoms with Crippen molar-refractivity contribution in [3.63, 3.8) is 0 Å². The number of nitrogens with two attached hydrogens (primary N) is 1. The Hall–Kier alpha value is -12.2. The van der Waals surface area contributed by atoms with Crippen molar-refractivity contribution in [1.82, 2.24) is 50.1 Å². The van der Waals surface area contributed by atoms with Gasteiger partial charge in [-0.05, 0) is 44.5 Å². The monoisotopic (exact) mass is 1590 g/mol. The van der Waals surface area contributed by atoms with Crippen LogP contribution in [0.4, 0.5) is 15.4 Å². The molecule has 8 heterocycles. The number of aromatic nitrogens is 6. The second kappa shape index (κ2) is 33.9. The van der Waals surface area contributed by atoms with Gasteiger partial charge in [0.05, 0.1) is 19.0 Å². The Labute approximate surface area is 648 Å². The van der Waals surface area contributed by atoms with E-state index in [1.54, 1.807) is 0 Å². The number of fused-ring (bicyclic) bond motifs is 2. The summed E-state index contributed by atoms with van der Waals surface area (Å²) in [5.74, 6) is -8.43. The summed E-state index contributed by atoms with van der Waals surface area (Å²) in [4.78, 5) is 158. The number of aliphatic hydroxyl groups is 1. The lowest BCUT2D eigenvalue weighted by Crippen LogP contribution is -2.71. The van der Waals surface area contributed by atoms with Crippen molar-refractivity contribution in [1.29, 1.82) is 0 Å². The summed E-state index contributed by atoms with van der Waals surface area (Å²) in [5.41, 5.74) is 8.05. The fourth-order valence-electron chi connectivity index (χ4n) is 12.4. The molecule has 10 aromatic rings. The third-order valence-corrected chi connectivity index (χ3v) is 23.7. The van der Waals surface area contributed by atoms with Crippen LogP contribution in [-0.2, 0) is 56.5 Å². The Kier molecular flexibility index (Phi) is 23.9. The van der Waals surface area contributed by atoms with Gasteiger partial charge in [0.1, 0.15) is 67.9 Å². The number of thiazole rings is 3. The molecule has 0 saturated carbocycles. The average Bonchev–Trinajstić information content (AvgIpc) is 1.14. The number of aromatic amines is 1. The zero-order chi connectivity index (χ0) is 78.0. The number of hydrogen-bond acceptors (Lipinski definition) is 27. The molecule has 2 fully saturated rings. The molecule has 4 aromatic heterocycles. The molecule has 2 unspecified atom stereocenters. The fourth-order valence-corrected chi connectivity index (χ4v) is 18.3. The minimum atomic E-state index is -1.49. The largest absolute Gasteiger partial charge is 0.477 e. The first-order chi connectivity index (χ1) is 53.1. The number of hydrogen-bond donors (Lipinski definition) is 10. The van der Waals surface area contributed by atoms with Crippen molar-refractivity contribution in [2.45, 2.75) is 39.1 Å². The number of Topliss-reactive ketones (excluding diaryl/α,β-unsaturated/α-hetero) is 2. The maximum atomic E-state index is 13.2. The number of benzene rings is 6. The van der Waals surface area contributed by atoms with Crippen LogP contribution in [0.3, 0.4) is 0 Å². The van der Waals surface area contributed by atoms with E-state index in [1.165, 1.54) is 60.1 Å². The van der Waals surface area contributed by atoms with Crippen LogP contribution in [0.5, 0.6) is 0 Å². The molecule has 0 aliphatic carbocycles. The van der Waals surface area contributed by atoms with Crippen LogP contribution < -0.4 is 38.1 Å². The summed E-state index contributed by atoms with van der Waals surface area (Å²) in [7, 11) is 2.74. The average molecular weight is 1600 g/mol. The number of amides is 4. The van der Waals surface area contributed by atoms with E-state index in [0.29, 0.717) is 15.8 Å². The molecule has 2 saturated heterocycles. The van der Waals surface area contributed by atoms with Gasteiger partial charge in [0.25, 0.3) is 35.2 Å². The van der Waals surface area contributed by atoms with Gasteiger partial charge in [-0.1, -0.05) is 222 Å². The number of thioether (sulfide) groups is 3. The molecule has 4 aliphatic heterocycles. The number of nitrogens with zero attached hydrogens (tertiary/aromatic N) is 8. The van der Waals surface area contributed by atoms with Crippen molar-refractivity contribution >= 4 is 144 Å². The number of aryl methyl sites for hydroxylation is 1. The lowest BCUT2D eigenvalue weighted by Gasteiger charge is -2.49. The van der Waals surface area contributed by atoms with Gasteiger partial charge in [-0.2, -0.15) is 4.98 Å². The van der Waals surface area contributed by atoms with Gasteiger partial charge < -0.3 is 52.3 Å². The summed E-state index contributed by atoms with van der Waals surface area (Å²) in [5, 5.41) is 57.4. The first kappa shape index (κ1) is 77.4. The number of β-lactam (4-membered cyclic amide) rings is 2. The van der Waals surface area contributed by atoms with Crippen LogP contribution in [0, 0.1) is 0 Å². The molecule has 11 N–H and O–H groups in total. The second-order valence-electron chi connectivity index (χ2n) is 24.0. The van der Waals surface area contributed by atoms with E-state index in [2.05, 4.69) is 51.5 Å². The second-order valence-corrected chi connectivity index (χ2v) is 30.1. The maximum Gasteiger partial charge on any atom is 0.378 e. The molecule has 36 heteroatoms. The van der Waals surface area contributed by atoms with Gasteiger partial charge in [0.2, 0.25) is 0 Å². The summed E-state index contributed by atoms with van der Waals surface area (Å²) < 4.78 is 1.25. The Morgan fingerprint density at radius 2 is 0.991 bits per heavy atom. The number of carboxylic acids is 3. The highest BCUT2D eigenvalue weighted by atomic mass is 32.2. The minimum absolute atomic E-state index is 0.0710. The van der Waals surface area contributed by atoms with E-state index in [-0.39, 0.29) is 65.7 Å². The molecule has 110 heavy (non-hydrogen) atoms. The number of carbonyl (C=O) groups is 9.